The third-order valence-corrected chi connectivity index (χ3v) is 4.26. The fraction of sp³-hybridized carbons (Fsp3) is 0.143. The number of carbonyl (C=O) groups is 2. The van der Waals surface area contributed by atoms with E-state index in [4.69, 9.17) is 4.74 Å². The van der Waals surface area contributed by atoms with Crippen LogP contribution in [0.2, 0.25) is 0 Å². The summed E-state index contributed by atoms with van der Waals surface area (Å²) in [5.74, 6) is -0.487. The Labute approximate surface area is 161 Å². The van der Waals surface area contributed by atoms with E-state index in [9.17, 15) is 9.59 Å². The molecule has 0 saturated carbocycles. The van der Waals surface area contributed by atoms with Crippen molar-refractivity contribution in [2.75, 3.05) is 25.1 Å². The van der Waals surface area contributed by atoms with Gasteiger partial charge in [-0.3, -0.25) is 4.79 Å². The lowest BCUT2D eigenvalue weighted by Crippen LogP contribution is -2.23. The van der Waals surface area contributed by atoms with Crippen molar-refractivity contribution in [2.45, 2.75) is 0 Å². The first-order valence-electron chi connectivity index (χ1n) is 8.08. The molecule has 0 amide bonds. The number of hydrogen-bond donors (Lipinski definition) is 0. The molecule has 5 heteroatoms. The van der Waals surface area contributed by atoms with Gasteiger partial charge in [-0.15, -0.1) is 0 Å². The molecule has 4 nitrogen and oxygen atoms in total. The standard InChI is InChI=1S/C21H20BrNO3/c1-3-21(25)26-15-14-23(2)19-11-7-17(8-12-19)20(24)13-6-16-4-9-18(22)10-5-16/h3-13H,1,14-15H2,2H3. The number of benzene rings is 2. The quantitative estimate of drug-likeness (QED) is 0.362. The number of carbonyl (C=O) groups excluding carboxylic acids is 2. The van der Waals surface area contributed by atoms with E-state index in [1.54, 1.807) is 24.3 Å². The molecule has 0 unspecified atom stereocenters. The highest BCUT2D eigenvalue weighted by molar-refractivity contribution is 9.10. The Balaban J connectivity index is 1.93. The van der Waals surface area contributed by atoms with Gasteiger partial charge in [0.15, 0.2) is 5.78 Å². The lowest BCUT2D eigenvalue weighted by molar-refractivity contribution is -0.137. The summed E-state index contributed by atoms with van der Waals surface area (Å²) in [5, 5.41) is 0. The molecule has 0 saturated heterocycles. The monoisotopic (exact) mass is 413 g/mol. The van der Waals surface area contributed by atoms with Gasteiger partial charge in [0.1, 0.15) is 6.61 Å². The zero-order chi connectivity index (χ0) is 18.9. The van der Waals surface area contributed by atoms with Crippen molar-refractivity contribution in [2.24, 2.45) is 0 Å². The van der Waals surface area contributed by atoms with Gasteiger partial charge in [0.25, 0.3) is 0 Å². The van der Waals surface area contributed by atoms with Crippen LogP contribution in [0.1, 0.15) is 15.9 Å². The van der Waals surface area contributed by atoms with E-state index in [1.165, 1.54) is 0 Å². The topological polar surface area (TPSA) is 46.6 Å². The summed E-state index contributed by atoms with van der Waals surface area (Å²) >= 11 is 3.38. The molecule has 2 aromatic carbocycles. The average molecular weight is 414 g/mol. The van der Waals surface area contributed by atoms with E-state index in [0.29, 0.717) is 12.1 Å². The normalized spacial score (nSPS) is 10.5. The molecule has 0 N–H and O–H groups in total. The van der Waals surface area contributed by atoms with E-state index in [0.717, 1.165) is 21.8 Å². The second-order valence-electron chi connectivity index (χ2n) is 5.59. The van der Waals surface area contributed by atoms with E-state index in [1.807, 2.05) is 48.3 Å². The van der Waals surface area contributed by atoms with Crippen LogP contribution in [-0.2, 0) is 9.53 Å². The predicted molar refractivity (Wildman–Crippen MR) is 108 cm³/mol. The molecule has 0 atom stereocenters. The first-order chi connectivity index (χ1) is 12.5. The van der Waals surface area contributed by atoms with Crippen molar-refractivity contribution in [3.05, 3.63) is 82.9 Å². The van der Waals surface area contributed by atoms with Gasteiger partial charge in [0, 0.05) is 28.8 Å². The molecule has 0 bridgehead atoms. The van der Waals surface area contributed by atoms with Gasteiger partial charge >= 0.3 is 5.97 Å². The summed E-state index contributed by atoms with van der Waals surface area (Å²) in [6.45, 7) is 4.18. The number of rotatable bonds is 8. The molecule has 0 fully saturated rings. The number of halogens is 1. The second-order valence-corrected chi connectivity index (χ2v) is 6.50. The van der Waals surface area contributed by atoms with E-state index < -0.39 is 5.97 Å². The van der Waals surface area contributed by atoms with Crippen molar-refractivity contribution in [1.29, 1.82) is 0 Å². The lowest BCUT2D eigenvalue weighted by atomic mass is 10.1. The zero-order valence-corrected chi connectivity index (χ0v) is 16.1. The van der Waals surface area contributed by atoms with Crippen LogP contribution in [0.25, 0.3) is 6.08 Å². The Bertz CT molecular complexity index is 795. The maximum Gasteiger partial charge on any atom is 0.330 e. The number of allylic oxidation sites excluding steroid dienone is 1. The van der Waals surface area contributed by atoms with Gasteiger partial charge in [0.2, 0.25) is 0 Å². The van der Waals surface area contributed by atoms with E-state index in [2.05, 4.69) is 22.5 Å². The van der Waals surface area contributed by atoms with Crippen LogP contribution in [0.4, 0.5) is 5.69 Å². The first kappa shape index (κ1) is 19.7. The highest BCUT2D eigenvalue weighted by Gasteiger charge is 2.05. The number of ether oxygens (including phenoxy) is 1. The van der Waals surface area contributed by atoms with Gasteiger partial charge in [-0.25, -0.2) is 4.79 Å². The minimum absolute atomic E-state index is 0.0537. The zero-order valence-electron chi connectivity index (χ0n) is 14.5. The number of anilines is 1. The fourth-order valence-corrected chi connectivity index (χ4v) is 2.46. The second kappa shape index (κ2) is 9.73. The SMILES string of the molecule is C=CC(=O)OCCN(C)c1ccc(C(=O)C=Cc2ccc(Br)cc2)cc1. The Morgan fingerprint density at radius 1 is 1.12 bits per heavy atom. The van der Waals surface area contributed by atoms with Gasteiger partial charge in [0.05, 0.1) is 6.54 Å². The third kappa shape index (κ3) is 6.01. The minimum Gasteiger partial charge on any atom is -0.461 e. The number of likely N-dealkylation sites (N-methyl/N-ethyl adjacent to an activating group) is 1. The van der Waals surface area contributed by atoms with Gasteiger partial charge in [-0.1, -0.05) is 40.7 Å². The maximum absolute atomic E-state index is 12.3. The smallest absolute Gasteiger partial charge is 0.330 e. The van der Waals surface area contributed by atoms with Crippen molar-refractivity contribution >= 4 is 39.4 Å². The van der Waals surface area contributed by atoms with E-state index in [-0.39, 0.29) is 12.4 Å². The summed E-state index contributed by atoms with van der Waals surface area (Å²) < 4.78 is 5.96. The highest BCUT2D eigenvalue weighted by Crippen LogP contribution is 2.15. The van der Waals surface area contributed by atoms with Crippen molar-refractivity contribution in [1.82, 2.24) is 0 Å². The van der Waals surface area contributed by atoms with Crippen LogP contribution in [0, 0.1) is 0 Å². The number of ketones is 1. The molecular formula is C21H20BrNO3. The Morgan fingerprint density at radius 2 is 1.77 bits per heavy atom. The summed E-state index contributed by atoms with van der Waals surface area (Å²) in [4.78, 5) is 25.2. The van der Waals surface area contributed by atoms with Gasteiger partial charge in [-0.2, -0.15) is 0 Å². The van der Waals surface area contributed by atoms with Crippen molar-refractivity contribution in [3.8, 4) is 0 Å². The summed E-state index contributed by atoms with van der Waals surface area (Å²) in [6.07, 6.45) is 4.50. The fourth-order valence-electron chi connectivity index (χ4n) is 2.19. The Kier molecular flexibility index (Phi) is 7.36. The molecule has 0 aliphatic carbocycles. The molecule has 0 aliphatic heterocycles. The minimum atomic E-state index is -0.433. The van der Waals surface area contributed by atoms with Crippen LogP contribution in [-0.4, -0.2) is 32.0 Å². The third-order valence-electron chi connectivity index (χ3n) is 3.73. The first-order valence-corrected chi connectivity index (χ1v) is 8.87. The number of hydrogen-bond acceptors (Lipinski definition) is 4. The predicted octanol–water partition coefficient (Wildman–Crippen LogP) is 4.51. The maximum atomic E-state index is 12.3. The molecular weight excluding hydrogens is 394 g/mol. The van der Waals surface area contributed by atoms with Gasteiger partial charge in [-0.05, 0) is 48.0 Å². The lowest BCUT2D eigenvalue weighted by Gasteiger charge is -2.19. The van der Waals surface area contributed by atoms with Gasteiger partial charge < -0.3 is 9.64 Å². The molecule has 0 radical (unpaired) electrons. The van der Waals surface area contributed by atoms with Crippen LogP contribution >= 0.6 is 15.9 Å². The Morgan fingerprint density at radius 3 is 2.38 bits per heavy atom. The molecule has 0 aliphatic rings. The largest absolute Gasteiger partial charge is 0.461 e. The molecule has 0 heterocycles. The van der Waals surface area contributed by atoms with E-state index >= 15 is 0 Å². The molecule has 2 rings (SSSR count). The summed E-state index contributed by atoms with van der Waals surface area (Å²) in [6, 6.07) is 15.1. The molecule has 0 spiro atoms. The van der Waals surface area contributed by atoms with Crippen molar-refractivity contribution < 1.29 is 14.3 Å². The van der Waals surface area contributed by atoms with Crippen LogP contribution in [0.15, 0.2) is 71.7 Å². The number of esters is 1. The average Bonchev–Trinajstić information content (AvgIpc) is 2.67. The van der Waals surface area contributed by atoms with Crippen LogP contribution < -0.4 is 4.90 Å². The van der Waals surface area contributed by atoms with Crippen LogP contribution in [0.5, 0.6) is 0 Å². The number of nitrogens with zero attached hydrogens (tertiary/aromatic N) is 1. The summed E-state index contributed by atoms with van der Waals surface area (Å²) in [5.41, 5.74) is 2.52. The van der Waals surface area contributed by atoms with Crippen LogP contribution in [0.3, 0.4) is 0 Å². The molecule has 26 heavy (non-hydrogen) atoms. The molecule has 2 aromatic rings. The Hall–Kier alpha value is -2.66. The molecule has 0 aromatic heterocycles. The highest BCUT2D eigenvalue weighted by atomic mass is 79.9. The van der Waals surface area contributed by atoms with Crippen molar-refractivity contribution in [3.63, 3.8) is 0 Å². The summed E-state index contributed by atoms with van der Waals surface area (Å²) in [7, 11) is 1.89. The molecule has 134 valence electrons.